The molecule has 4 aromatic rings. The minimum atomic E-state index is -0.442. The maximum Gasteiger partial charge on any atom is 0.419 e. The molecule has 0 aliphatic carbocycles. The molecule has 0 saturated heterocycles. The number of aromatic nitrogens is 2. The Kier molecular flexibility index (Phi) is 6.26. The molecule has 0 saturated carbocycles. The van der Waals surface area contributed by atoms with Crippen LogP contribution < -0.4 is 5.76 Å². The molecule has 4 rings (SSSR count). The van der Waals surface area contributed by atoms with Crippen molar-refractivity contribution < 1.29 is 9.21 Å². The molecule has 6 heteroatoms. The predicted molar refractivity (Wildman–Crippen MR) is 119 cm³/mol. The first-order valence-electron chi connectivity index (χ1n) is 10.5. The molecule has 0 aliphatic heterocycles. The number of rotatable bonds is 8. The first-order valence-corrected chi connectivity index (χ1v) is 10.5. The summed E-state index contributed by atoms with van der Waals surface area (Å²) in [5, 5.41) is 0. The lowest BCUT2D eigenvalue weighted by Crippen LogP contribution is -2.31. The normalized spacial score (nSPS) is 11.0. The summed E-state index contributed by atoms with van der Waals surface area (Å²) in [6.07, 6.45) is 4.67. The fraction of sp³-hybridized carbons (Fsp3) is 0.240. The van der Waals surface area contributed by atoms with Crippen molar-refractivity contribution in [2.24, 2.45) is 0 Å². The Morgan fingerprint density at radius 3 is 2.45 bits per heavy atom. The quantitative estimate of drug-likeness (QED) is 0.433. The standard InChI is InChI=1S/C25H25N3O3/c1-2-19-9-11-20(12-10-19)17-27(18-21-6-5-14-26-16-21)24(29)13-15-28-22-7-3-4-8-23(22)31-25(28)30/h3-12,14,16H,2,13,15,17-18H2,1H3. The lowest BCUT2D eigenvalue weighted by Gasteiger charge is -2.23. The van der Waals surface area contributed by atoms with E-state index in [-0.39, 0.29) is 18.9 Å². The Labute approximate surface area is 180 Å². The van der Waals surface area contributed by atoms with Crippen LogP contribution >= 0.6 is 0 Å². The average Bonchev–Trinajstić information content (AvgIpc) is 3.13. The molecule has 1 amide bonds. The minimum Gasteiger partial charge on any atom is -0.408 e. The zero-order valence-corrected chi connectivity index (χ0v) is 17.5. The van der Waals surface area contributed by atoms with E-state index in [0.717, 1.165) is 17.5 Å². The number of hydrogen-bond donors (Lipinski definition) is 0. The molecule has 0 spiro atoms. The maximum atomic E-state index is 13.2. The Bertz CT molecular complexity index is 1210. The number of para-hydroxylation sites is 2. The largest absolute Gasteiger partial charge is 0.419 e. The van der Waals surface area contributed by atoms with Gasteiger partial charge in [-0.05, 0) is 41.3 Å². The van der Waals surface area contributed by atoms with E-state index in [9.17, 15) is 9.59 Å². The summed E-state index contributed by atoms with van der Waals surface area (Å²) >= 11 is 0. The van der Waals surface area contributed by atoms with Crippen molar-refractivity contribution in [2.45, 2.75) is 39.4 Å². The number of carbonyl (C=O) groups is 1. The SMILES string of the molecule is CCc1ccc(CN(Cc2cccnc2)C(=O)CCn2c(=O)oc3ccccc32)cc1. The van der Waals surface area contributed by atoms with Gasteiger partial charge in [-0.3, -0.25) is 14.3 Å². The van der Waals surface area contributed by atoms with Crippen LogP contribution in [-0.4, -0.2) is 20.4 Å². The second kappa shape index (κ2) is 9.43. The molecule has 0 aliphatic rings. The molecule has 0 bridgehead atoms. The molecule has 2 aromatic carbocycles. The second-order valence-electron chi connectivity index (χ2n) is 7.52. The van der Waals surface area contributed by atoms with Crippen molar-refractivity contribution in [3.05, 3.63) is 100 Å². The van der Waals surface area contributed by atoms with Gasteiger partial charge in [-0.25, -0.2) is 4.79 Å². The van der Waals surface area contributed by atoms with Crippen LogP contribution in [0.5, 0.6) is 0 Å². The highest BCUT2D eigenvalue weighted by molar-refractivity contribution is 5.77. The Hall–Kier alpha value is -3.67. The van der Waals surface area contributed by atoms with Gasteiger partial charge in [0.25, 0.3) is 0 Å². The summed E-state index contributed by atoms with van der Waals surface area (Å²) in [4.78, 5) is 31.4. The van der Waals surface area contributed by atoms with E-state index in [4.69, 9.17) is 4.42 Å². The molecule has 0 N–H and O–H groups in total. The molecule has 158 valence electrons. The number of amides is 1. The van der Waals surface area contributed by atoms with Gasteiger partial charge >= 0.3 is 5.76 Å². The third kappa shape index (κ3) is 4.91. The fourth-order valence-corrected chi connectivity index (χ4v) is 3.64. The Balaban J connectivity index is 1.52. The molecule has 6 nitrogen and oxygen atoms in total. The third-order valence-electron chi connectivity index (χ3n) is 5.38. The molecule has 0 fully saturated rings. The minimum absolute atomic E-state index is 0.0272. The average molecular weight is 415 g/mol. The van der Waals surface area contributed by atoms with Crippen molar-refractivity contribution in [2.75, 3.05) is 0 Å². The van der Waals surface area contributed by atoms with Crippen LogP contribution in [0.1, 0.15) is 30.0 Å². The van der Waals surface area contributed by atoms with Crippen molar-refractivity contribution >= 4 is 17.0 Å². The number of nitrogens with zero attached hydrogens (tertiary/aromatic N) is 3. The van der Waals surface area contributed by atoms with E-state index < -0.39 is 5.76 Å². The van der Waals surface area contributed by atoms with Gasteiger partial charge in [-0.1, -0.05) is 49.4 Å². The zero-order valence-electron chi connectivity index (χ0n) is 17.5. The van der Waals surface area contributed by atoms with E-state index >= 15 is 0 Å². The Morgan fingerprint density at radius 1 is 0.968 bits per heavy atom. The molecule has 0 atom stereocenters. The zero-order chi connectivity index (χ0) is 21.6. The smallest absolute Gasteiger partial charge is 0.408 e. The van der Waals surface area contributed by atoms with Crippen LogP contribution in [-0.2, 0) is 30.8 Å². The highest BCUT2D eigenvalue weighted by Crippen LogP contribution is 2.15. The van der Waals surface area contributed by atoms with Crippen molar-refractivity contribution in [3.8, 4) is 0 Å². The summed E-state index contributed by atoms with van der Waals surface area (Å²) in [5.41, 5.74) is 4.53. The van der Waals surface area contributed by atoms with Crippen molar-refractivity contribution in [1.82, 2.24) is 14.5 Å². The first-order chi connectivity index (χ1) is 15.1. The molecule has 2 aromatic heterocycles. The molecule has 31 heavy (non-hydrogen) atoms. The lowest BCUT2D eigenvalue weighted by molar-refractivity contribution is -0.132. The van der Waals surface area contributed by atoms with Gasteiger partial charge < -0.3 is 9.32 Å². The molecule has 0 unspecified atom stereocenters. The summed E-state index contributed by atoms with van der Waals surface area (Å²) in [6.45, 7) is 3.35. The third-order valence-corrected chi connectivity index (χ3v) is 5.38. The van der Waals surface area contributed by atoms with E-state index in [1.807, 2.05) is 35.2 Å². The first kappa shape index (κ1) is 20.6. The Morgan fingerprint density at radius 2 is 1.71 bits per heavy atom. The predicted octanol–water partition coefficient (Wildman–Crippen LogP) is 4.17. The van der Waals surface area contributed by atoms with Crippen molar-refractivity contribution in [3.63, 3.8) is 0 Å². The number of fused-ring (bicyclic) bond motifs is 1. The lowest BCUT2D eigenvalue weighted by atomic mass is 10.1. The molecule has 0 radical (unpaired) electrons. The molecular weight excluding hydrogens is 390 g/mol. The summed E-state index contributed by atoms with van der Waals surface area (Å²) in [6, 6.07) is 19.4. The monoisotopic (exact) mass is 415 g/mol. The number of oxazole rings is 1. The van der Waals surface area contributed by atoms with Gasteiger partial charge in [0.1, 0.15) is 0 Å². The van der Waals surface area contributed by atoms with E-state index in [1.165, 1.54) is 10.1 Å². The second-order valence-corrected chi connectivity index (χ2v) is 7.52. The maximum absolute atomic E-state index is 13.2. The molecule has 2 heterocycles. The summed E-state index contributed by atoms with van der Waals surface area (Å²) in [5.74, 6) is -0.469. The number of hydrogen-bond acceptors (Lipinski definition) is 4. The van der Waals surface area contributed by atoms with Crippen LogP contribution in [0, 0.1) is 0 Å². The van der Waals surface area contributed by atoms with Gasteiger partial charge in [0.05, 0.1) is 5.52 Å². The van der Waals surface area contributed by atoms with Gasteiger partial charge in [-0.15, -0.1) is 0 Å². The van der Waals surface area contributed by atoms with Crippen LogP contribution in [0.2, 0.25) is 0 Å². The summed E-state index contributed by atoms with van der Waals surface area (Å²) < 4.78 is 6.80. The van der Waals surface area contributed by atoms with Crippen LogP contribution in [0.4, 0.5) is 0 Å². The summed E-state index contributed by atoms with van der Waals surface area (Å²) in [7, 11) is 0. The number of benzene rings is 2. The molecular formula is C25H25N3O3. The number of carbonyl (C=O) groups excluding carboxylic acids is 1. The topological polar surface area (TPSA) is 68.3 Å². The van der Waals surface area contributed by atoms with Crippen molar-refractivity contribution in [1.29, 1.82) is 0 Å². The van der Waals surface area contributed by atoms with E-state index in [2.05, 4.69) is 36.2 Å². The van der Waals surface area contributed by atoms with Crippen LogP contribution in [0.3, 0.4) is 0 Å². The van der Waals surface area contributed by atoms with E-state index in [0.29, 0.717) is 24.2 Å². The van der Waals surface area contributed by atoms with Gasteiger partial charge in [0.2, 0.25) is 5.91 Å². The highest BCUT2D eigenvalue weighted by atomic mass is 16.4. The van der Waals surface area contributed by atoms with Gasteiger partial charge in [0.15, 0.2) is 5.58 Å². The van der Waals surface area contributed by atoms with E-state index in [1.54, 1.807) is 18.5 Å². The van der Waals surface area contributed by atoms with Gasteiger partial charge in [0, 0.05) is 38.4 Å². The van der Waals surface area contributed by atoms with Crippen LogP contribution in [0.25, 0.3) is 11.1 Å². The number of pyridine rings is 1. The fourth-order valence-electron chi connectivity index (χ4n) is 3.64. The van der Waals surface area contributed by atoms with Gasteiger partial charge in [-0.2, -0.15) is 0 Å². The number of aryl methyl sites for hydroxylation is 2. The van der Waals surface area contributed by atoms with Crippen LogP contribution in [0.15, 0.2) is 82.3 Å². The highest BCUT2D eigenvalue weighted by Gasteiger charge is 2.17.